The molecule has 12 heavy (non-hydrogen) atoms. The summed E-state index contributed by atoms with van der Waals surface area (Å²) in [5, 5.41) is 9.82. The van der Waals surface area contributed by atoms with Gasteiger partial charge in [-0.25, -0.2) is 4.39 Å². The molecule has 0 saturated carbocycles. The van der Waals surface area contributed by atoms with Crippen molar-refractivity contribution in [2.75, 3.05) is 5.73 Å². The Kier molecular flexibility index (Phi) is 1.24. The number of benzene rings is 1. The molecule has 3 nitrogen and oxygen atoms in total. The maximum atomic E-state index is 13.0. The van der Waals surface area contributed by atoms with Crippen LogP contribution in [0.15, 0.2) is 18.3 Å². The Labute approximate surface area is 67.6 Å². The molecule has 2 rings (SSSR count). The summed E-state index contributed by atoms with van der Waals surface area (Å²) in [4.78, 5) is 2.49. The Morgan fingerprint density at radius 2 is 2.17 bits per heavy atom. The number of anilines is 1. The summed E-state index contributed by atoms with van der Waals surface area (Å²) in [5.41, 5.74) is 5.99. The molecule has 4 N–H and O–H groups in total. The molecule has 0 bridgehead atoms. The van der Waals surface area contributed by atoms with Gasteiger partial charge in [-0.3, -0.25) is 0 Å². The first kappa shape index (κ1) is 6.97. The molecule has 0 spiro atoms. The van der Waals surface area contributed by atoms with Crippen molar-refractivity contribution in [2.45, 2.75) is 0 Å². The van der Waals surface area contributed by atoms with Crippen LogP contribution in [-0.2, 0) is 0 Å². The molecular weight excluding hydrogens is 159 g/mol. The van der Waals surface area contributed by atoms with E-state index in [0.29, 0.717) is 11.1 Å². The van der Waals surface area contributed by atoms with Crippen LogP contribution in [0.5, 0.6) is 5.88 Å². The molecule has 1 heterocycles. The second-order valence-electron chi connectivity index (χ2n) is 2.56. The van der Waals surface area contributed by atoms with E-state index in [1.165, 1.54) is 18.3 Å². The lowest BCUT2D eigenvalue weighted by Gasteiger charge is -1.96. The Hall–Kier alpha value is -1.71. The van der Waals surface area contributed by atoms with Crippen molar-refractivity contribution in [3.05, 3.63) is 24.1 Å². The third-order valence-corrected chi connectivity index (χ3v) is 1.82. The van der Waals surface area contributed by atoms with Gasteiger partial charge >= 0.3 is 0 Å². The molecule has 0 saturated heterocycles. The minimum Gasteiger partial charge on any atom is -0.494 e. The molecule has 0 atom stereocenters. The van der Waals surface area contributed by atoms with Crippen LogP contribution in [0.25, 0.3) is 10.8 Å². The number of aromatic hydroxyl groups is 1. The topological polar surface area (TPSA) is 62.0 Å². The van der Waals surface area contributed by atoms with E-state index in [9.17, 15) is 4.39 Å². The number of fused-ring (bicyclic) bond motifs is 1. The van der Waals surface area contributed by atoms with Gasteiger partial charge < -0.3 is 15.8 Å². The van der Waals surface area contributed by atoms with Gasteiger partial charge in [0.05, 0.1) is 5.39 Å². The molecule has 4 heteroatoms. The van der Waals surface area contributed by atoms with Gasteiger partial charge in [0.15, 0.2) is 5.88 Å². The zero-order chi connectivity index (χ0) is 8.72. The van der Waals surface area contributed by atoms with Crippen molar-refractivity contribution in [1.82, 2.24) is 4.98 Å². The van der Waals surface area contributed by atoms with Crippen LogP contribution >= 0.6 is 0 Å². The molecule has 0 fully saturated rings. The molecule has 0 aliphatic rings. The Balaban J connectivity index is 2.98. The number of nitrogens with one attached hydrogen (secondary N) is 1. The first-order valence-corrected chi connectivity index (χ1v) is 3.44. The predicted molar refractivity (Wildman–Crippen MR) is 44.3 cm³/mol. The highest BCUT2D eigenvalue weighted by atomic mass is 19.1. The van der Waals surface area contributed by atoms with Gasteiger partial charge in [-0.2, -0.15) is 0 Å². The molecule has 0 aliphatic heterocycles. The maximum absolute atomic E-state index is 13.0. The monoisotopic (exact) mass is 166 g/mol. The first-order chi connectivity index (χ1) is 5.70. The summed E-state index contributed by atoms with van der Waals surface area (Å²) in [6.07, 6.45) is 1.48. The normalized spacial score (nSPS) is 10.8. The smallest absolute Gasteiger partial charge is 0.199 e. The Bertz CT molecular complexity index is 436. The zero-order valence-corrected chi connectivity index (χ0v) is 6.13. The van der Waals surface area contributed by atoms with Crippen molar-refractivity contribution in [3.8, 4) is 5.88 Å². The van der Waals surface area contributed by atoms with E-state index in [-0.39, 0.29) is 11.3 Å². The van der Waals surface area contributed by atoms with E-state index in [2.05, 4.69) is 4.98 Å². The van der Waals surface area contributed by atoms with Gasteiger partial charge in [0.25, 0.3) is 0 Å². The Morgan fingerprint density at radius 3 is 2.83 bits per heavy atom. The number of halogens is 1. The summed E-state index contributed by atoms with van der Waals surface area (Å²) < 4.78 is 13.0. The van der Waals surface area contributed by atoms with Crippen LogP contribution in [0.2, 0.25) is 0 Å². The maximum Gasteiger partial charge on any atom is 0.199 e. The first-order valence-electron chi connectivity index (χ1n) is 3.44. The average Bonchev–Trinajstić information content (AvgIpc) is 2.42. The lowest BCUT2D eigenvalue weighted by molar-refractivity contribution is 0.460. The van der Waals surface area contributed by atoms with E-state index in [1.54, 1.807) is 0 Å². The molecule has 62 valence electrons. The summed E-state index contributed by atoms with van der Waals surface area (Å²) in [5.74, 6) is -0.659. The summed E-state index contributed by atoms with van der Waals surface area (Å²) >= 11 is 0. The van der Waals surface area contributed by atoms with Gasteiger partial charge in [0, 0.05) is 17.3 Å². The van der Waals surface area contributed by atoms with Crippen LogP contribution in [0, 0.1) is 5.82 Å². The lowest BCUT2D eigenvalue weighted by atomic mass is 10.2. The number of hydrogen-bond acceptors (Lipinski definition) is 2. The number of nitrogens with two attached hydrogens (primary N) is 1. The van der Waals surface area contributed by atoms with Crippen molar-refractivity contribution in [3.63, 3.8) is 0 Å². The largest absolute Gasteiger partial charge is 0.494 e. The minimum atomic E-state index is -0.474. The van der Waals surface area contributed by atoms with E-state index in [4.69, 9.17) is 10.8 Å². The third kappa shape index (κ3) is 0.747. The molecule has 1 aromatic carbocycles. The molecule has 0 radical (unpaired) electrons. The number of aromatic amines is 1. The lowest BCUT2D eigenvalue weighted by Crippen LogP contribution is -1.86. The molecule has 1 aromatic heterocycles. The summed E-state index contributed by atoms with van der Waals surface area (Å²) in [7, 11) is 0. The second-order valence-corrected chi connectivity index (χ2v) is 2.56. The van der Waals surface area contributed by atoms with Crippen molar-refractivity contribution in [1.29, 1.82) is 0 Å². The average molecular weight is 166 g/mol. The highest BCUT2D eigenvalue weighted by Gasteiger charge is 2.09. The van der Waals surface area contributed by atoms with Crippen LogP contribution in [0.3, 0.4) is 0 Å². The number of nitrogen functional groups attached to an aromatic ring is 1. The standard InChI is InChI=1S/C8H7FN2O/c9-5-1-2-6(10)4-3-11-8(12)7(4)5/h1-3,11-12H,10H2. The van der Waals surface area contributed by atoms with Gasteiger partial charge in [-0.1, -0.05) is 0 Å². The van der Waals surface area contributed by atoms with Gasteiger partial charge in [-0.05, 0) is 12.1 Å². The highest BCUT2D eigenvalue weighted by Crippen LogP contribution is 2.30. The third-order valence-electron chi connectivity index (χ3n) is 1.82. The quantitative estimate of drug-likeness (QED) is 0.520. The fourth-order valence-electron chi connectivity index (χ4n) is 1.22. The number of H-pyrrole nitrogens is 1. The number of hydrogen-bond donors (Lipinski definition) is 3. The van der Waals surface area contributed by atoms with Crippen molar-refractivity contribution >= 4 is 16.5 Å². The Morgan fingerprint density at radius 1 is 1.42 bits per heavy atom. The molecule has 0 amide bonds. The number of aromatic nitrogens is 1. The molecular formula is C8H7FN2O. The number of rotatable bonds is 0. The fraction of sp³-hybridized carbons (Fsp3) is 0. The van der Waals surface area contributed by atoms with Gasteiger partial charge in [-0.15, -0.1) is 0 Å². The predicted octanol–water partition coefficient (Wildman–Crippen LogP) is 1.59. The van der Waals surface area contributed by atoms with E-state index >= 15 is 0 Å². The van der Waals surface area contributed by atoms with E-state index < -0.39 is 5.82 Å². The van der Waals surface area contributed by atoms with Gasteiger partial charge in [0.2, 0.25) is 0 Å². The minimum absolute atomic E-state index is 0.148. The molecule has 0 unspecified atom stereocenters. The molecule has 2 aromatic rings. The summed E-state index contributed by atoms with van der Waals surface area (Å²) in [6, 6.07) is 2.69. The van der Waals surface area contributed by atoms with E-state index in [1.807, 2.05) is 0 Å². The van der Waals surface area contributed by atoms with Gasteiger partial charge in [0.1, 0.15) is 5.82 Å². The van der Waals surface area contributed by atoms with E-state index in [0.717, 1.165) is 0 Å². The SMILES string of the molecule is Nc1ccc(F)c2c(O)[nH]cc12. The highest BCUT2D eigenvalue weighted by molar-refractivity contribution is 5.96. The summed E-state index contributed by atoms with van der Waals surface area (Å²) in [6.45, 7) is 0. The van der Waals surface area contributed by atoms with Crippen molar-refractivity contribution in [2.24, 2.45) is 0 Å². The second kappa shape index (κ2) is 2.14. The fourth-order valence-corrected chi connectivity index (χ4v) is 1.22. The zero-order valence-electron chi connectivity index (χ0n) is 6.13. The molecule has 0 aliphatic carbocycles. The van der Waals surface area contributed by atoms with Crippen LogP contribution in [0.1, 0.15) is 0 Å². The van der Waals surface area contributed by atoms with Crippen LogP contribution in [-0.4, -0.2) is 10.1 Å². The van der Waals surface area contributed by atoms with Crippen LogP contribution in [0.4, 0.5) is 10.1 Å². The van der Waals surface area contributed by atoms with Crippen molar-refractivity contribution < 1.29 is 9.50 Å². The van der Waals surface area contributed by atoms with Crippen LogP contribution < -0.4 is 5.73 Å².